The molecule has 0 atom stereocenters. The highest BCUT2D eigenvalue weighted by atomic mass is 28.4. The zero-order valence-corrected chi connectivity index (χ0v) is 15.7. The molecule has 1 aliphatic carbocycles. The van der Waals surface area contributed by atoms with Crippen LogP contribution in [0.4, 0.5) is 0 Å². The van der Waals surface area contributed by atoms with E-state index in [0.29, 0.717) is 41.2 Å². The second-order valence-corrected chi connectivity index (χ2v) is 11.8. The van der Waals surface area contributed by atoms with Crippen molar-refractivity contribution in [3.05, 3.63) is 39.4 Å². The van der Waals surface area contributed by atoms with E-state index in [1.165, 1.54) is 0 Å². The Hall–Kier alpha value is -1.79. The number of aryl methyl sites for hydroxylation is 1. The molecule has 0 spiro atoms. The summed E-state index contributed by atoms with van der Waals surface area (Å²) in [6, 6.07) is 4.64. The molecule has 24 heavy (non-hydrogen) atoms. The van der Waals surface area contributed by atoms with Gasteiger partial charge < -0.3 is 9.41 Å². The first-order valence-corrected chi connectivity index (χ1v) is 11.6. The number of nitrogens with zero attached hydrogens (tertiary/aromatic N) is 1. The number of benzene rings is 1. The Bertz CT molecular complexity index is 855. The number of Topliss-reactive ketones (excluding diaryl/α,β-unsaturated/α-hetero) is 1. The van der Waals surface area contributed by atoms with Crippen molar-refractivity contribution in [1.82, 2.24) is 9.97 Å². The van der Waals surface area contributed by atoms with Crippen LogP contribution < -0.4 is 5.56 Å². The maximum absolute atomic E-state index is 12.4. The summed E-state index contributed by atoms with van der Waals surface area (Å²) in [5, 5.41) is 0.478. The monoisotopic (exact) mass is 344 g/mol. The highest BCUT2D eigenvalue weighted by Crippen LogP contribution is 2.25. The third kappa shape index (κ3) is 3.49. The predicted molar refractivity (Wildman–Crippen MR) is 96.9 cm³/mol. The smallest absolute Gasteiger partial charge is 0.258 e. The van der Waals surface area contributed by atoms with E-state index in [2.05, 4.69) is 36.9 Å². The first-order chi connectivity index (χ1) is 11.2. The maximum atomic E-state index is 12.4. The number of hydrogen-bond acceptors (Lipinski definition) is 4. The lowest BCUT2D eigenvalue weighted by Crippen LogP contribution is -2.32. The molecule has 1 heterocycles. The van der Waals surface area contributed by atoms with Gasteiger partial charge in [0.1, 0.15) is 5.82 Å². The van der Waals surface area contributed by atoms with Crippen molar-refractivity contribution < 1.29 is 9.22 Å². The molecular weight excluding hydrogens is 320 g/mol. The minimum atomic E-state index is -1.77. The lowest BCUT2D eigenvalue weighted by Gasteiger charge is -2.24. The number of ketones is 1. The fourth-order valence-electron chi connectivity index (χ4n) is 3.50. The minimum Gasteiger partial charge on any atom is -0.410 e. The van der Waals surface area contributed by atoms with Crippen molar-refractivity contribution in [2.24, 2.45) is 5.92 Å². The van der Waals surface area contributed by atoms with E-state index in [1.54, 1.807) is 6.07 Å². The van der Waals surface area contributed by atoms with Crippen molar-refractivity contribution in [3.8, 4) is 0 Å². The summed E-state index contributed by atoms with van der Waals surface area (Å²) in [5.74, 6) is 1.26. The maximum Gasteiger partial charge on any atom is 0.258 e. The van der Waals surface area contributed by atoms with Gasteiger partial charge in [-0.1, -0.05) is 13.8 Å². The molecule has 0 bridgehead atoms. The Morgan fingerprint density at radius 2 is 2.00 bits per heavy atom. The van der Waals surface area contributed by atoms with E-state index in [4.69, 9.17) is 4.43 Å². The molecule has 128 valence electrons. The van der Waals surface area contributed by atoms with Crippen LogP contribution in [0.5, 0.6) is 0 Å². The van der Waals surface area contributed by atoms with E-state index in [-0.39, 0.29) is 11.3 Å². The summed E-state index contributed by atoms with van der Waals surface area (Å²) in [6.45, 7) is 9.08. The molecule has 1 N–H and O–H groups in total. The van der Waals surface area contributed by atoms with E-state index >= 15 is 0 Å². The molecule has 1 aromatic carbocycles. The lowest BCUT2D eigenvalue weighted by molar-refractivity contribution is 0.0994. The van der Waals surface area contributed by atoms with E-state index in [1.807, 2.05) is 6.07 Å². The normalized spacial score (nSPS) is 14.6. The van der Waals surface area contributed by atoms with Gasteiger partial charge in [0, 0.05) is 12.0 Å². The number of carbonyl (C=O) groups excluding carboxylic acids is 1. The Morgan fingerprint density at radius 3 is 2.71 bits per heavy atom. The minimum absolute atomic E-state index is 0.111. The fraction of sp³-hybridized carbons (Fsp3) is 0.500. The molecular formula is C18H24N2O3Si. The van der Waals surface area contributed by atoms with E-state index in [0.717, 1.165) is 18.0 Å². The zero-order valence-electron chi connectivity index (χ0n) is 14.7. The summed E-state index contributed by atoms with van der Waals surface area (Å²) in [4.78, 5) is 31.6. The fourth-order valence-corrected chi connectivity index (χ4v) is 6.11. The number of aromatic nitrogens is 2. The van der Waals surface area contributed by atoms with Gasteiger partial charge in [0.2, 0.25) is 0 Å². The van der Waals surface area contributed by atoms with Crippen LogP contribution in [-0.4, -0.2) is 24.1 Å². The molecule has 1 aromatic heterocycles. The van der Waals surface area contributed by atoms with Gasteiger partial charge >= 0.3 is 0 Å². The quantitative estimate of drug-likeness (QED) is 0.844. The van der Waals surface area contributed by atoms with Gasteiger partial charge in [-0.25, -0.2) is 4.98 Å². The lowest BCUT2D eigenvalue weighted by atomic mass is 10.1. The number of carbonyl (C=O) groups is 1. The second kappa shape index (κ2) is 6.26. The molecule has 6 heteroatoms. The Balaban J connectivity index is 1.89. The summed E-state index contributed by atoms with van der Waals surface area (Å²) in [7, 11) is -1.77. The van der Waals surface area contributed by atoms with Gasteiger partial charge in [0.15, 0.2) is 14.1 Å². The van der Waals surface area contributed by atoms with Gasteiger partial charge in [-0.15, -0.1) is 0 Å². The van der Waals surface area contributed by atoms with Crippen LogP contribution in [0.1, 0.15) is 42.0 Å². The highest BCUT2D eigenvalue weighted by Gasteiger charge is 2.25. The van der Waals surface area contributed by atoms with E-state index in [9.17, 15) is 9.59 Å². The first-order valence-electron chi connectivity index (χ1n) is 8.48. The summed E-state index contributed by atoms with van der Waals surface area (Å²) in [5.41, 5.74) is 2.11. The average molecular weight is 344 g/mol. The van der Waals surface area contributed by atoms with E-state index < -0.39 is 8.32 Å². The summed E-state index contributed by atoms with van der Waals surface area (Å²) >= 11 is 0. The second-order valence-electron chi connectivity index (χ2n) is 7.61. The third-order valence-corrected chi connectivity index (χ3v) is 7.13. The molecule has 0 aliphatic heterocycles. The van der Waals surface area contributed by atoms with Crippen molar-refractivity contribution in [1.29, 1.82) is 0 Å². The van der Waals surface area contributed by atoms with Crippen molar-refractivity contribution in [3.63, 3.8) is 0 Å². The van der Waals surface area contributed by atoms with Gasteiger partial charge in [-0.05, 0) is 49.2 Å². The van der Waals surface area contributed by atoms with Crippen LogP contribution in [0.15, 0.2) is 16.9 Å². The highest BCUT2D eigenvalue weighted by molar-refractivity contribution is 6.71. The Morgan fingerprint density at radius 1 is 1.25 bits per heavy atom. The Labute approximate surface area is 142 Å². The van der Waals surface area contributed by atoms with Crippen molar-refractivity contribution >= 4 is 25.0 Å². The topological polar surface area (TPSA) is 72.0 Å². The van der Waals surface area contributed by atoms with Crippen LogP contribution in [0, 0.1) is 5.92 Å². The SMILES string of the molecule is CC(C)C[Si](C)(C)OCc1nc2cc3c(cc2c(=O)[nH]1)C(=O)CC3. The van der Waals surface area contributed by atoms with Gasteiger partial charge in [0.05, 0.1) is 17.5 Å². The number of nitrogens with one attached hydrogen (secondary N) is 1. The average Bonchev–Trinajstić information content (AvgIpc) is 2.83. The Kier molecular flexibility index (Phi) is 4.44. The largest absolute Gasteiger partial charge is 0.410 e. The van der Waals surface area contributed by atoms with Crippen LogP contribution in [0.3, 0.4) is 0 Å². The summed E-state index contributed by atoms with van der Waals surface area (Å²) in [6.07, 6.45) is 1.26. The summed E-state index contributed by atoms with van der Waals surface area (Å²) < 4.78 is 6.09. The van der Waals surface area contributed by atoms with Crippen LogP contribution in [0.2, 0.25) is 19.1 Å². The number of H-pyrrole nitrogens is 1. The molecule has 1 aliphatic rings. The first kappa shape index (κ1) is 17.0. The molecule has 0 saturated heterocycles. The van der Waals surface area contributed by atoms with Crippen molar-refractivity contribution in [2.75, 3.05) is 0 Å². The molecule has 0 amide bonds. The third-order valence-electron chi connectivity index (χ3n) is 4.40. The molecule has 0 saturated carbocycles. The number of rotatable bonds is 5. The van der Waals surface area contributed by atoms with Gasteiger partial charge in [-0.3, -0.25) is 9.59 Å². The predicted octanol–water partition coefficient (Wildman–Crippen LogP) is 3.43. The molecule has 0 unspecified atom stereocenters. The number of hydrogen-bond donors (Lipinski definition) is 1. The van der Waals surface area contributed by atoms with Crippen LogP contribution >= 0.6 is 0 Å². The van der Waals surface area contributed by atoms with Crippen LogP contribution in [0.25, 0.3) is 10.9 Å². The molecule has 5 nitrogen and oxygen atoms in total. The number of aromatic amines is 1. The molecule has 0 fully saturated rings. The number of fused-ring (bicyclic) bond motifs is 2. The molecule has 3 rings (SSSR count). The van der Waals surface area contributed by atoms with Crippen LogP contribution in [-0.2, 0) is 17.5 Å². The standard InChI is InChI=1S/C18H24N2O3Si/c1-11(2)10-24(3,4)23-9-17-19-15-7-12-5-6-16(21)13(12)8-14(15)18(22)20-17/h7-8,11H,5-6,9-10H2,1-4H3,(H,19,20,22). The van der Waals surface area contributed by atoms with Gasteiger partial charge in [0.25, 0.3) is 5.56 Å². The molecule has 2 aromatic rings. The zero-order chi connectivity index (χ0) is 17.5. The van der Waals surface area contributed by atoms with Gasteiger partial charge in [-0.2, -0.15) is 0 Å². The van der Waals surface area contributed by atoms with Crippen molar-refractivity contribution in [2.45, 2.75) is 52.4 Å². The molecule has 0 radical (unpaired) electrons.